The summed E-state index contributed by atoms with van der Waals surface area (Å²) in [5.74, 6) is 0. The van der Waals surface area contributed by atoms with Crippen LogP contribution >= 0.6 is 0 Å². The molecular formula is C19H20N2. The number of hydrogen-bond donors (Lipinski definition) is 1. The van der Waals surface area contributed by atoms with Gasteiger partial charge in [-0.3, -0.25) is 5.10 Å². The molecule has 0 radical (unpaired) electrons. The largest absolute Gasteiger partial charge is 0.281 e. The zero-order chi connectivity index (χ0) is 14.9. The van der Waals surface area contributed by atoms with Crippen molar-refractivity contribution in [3.8, 4) is 22.4 Å². The number of nitrogens with one attached hydrogen (secondary N) is 1. The second kappa shape index (κ2) is 5.21. The Hall–Kier alpha value is -2.35. The molecule has 0 aliphatic carbocycles. The van der Waals surface area contributed by atoms with Crippen molar-refractivity contribution in [2.24, 2.45) is 0 Å². The minimum atomic E-state index is 0.0191. The van der Waals surface area contributed by atoms with Crippen molar-refractivity contribution in [1.82, 2.24) is 10.2 Å². The Kier molecular flexibility index (Phi) is 3.38. The summed E-state index contributed by atoms with van der Waals surface area (Å²) < 4.78 is 0. The molecule has 2 aromatic carbocycles. The first-order valence-corrected chi connectivity index (χ1v) is 7.27. The Bertz CT molecular complexity index is 719. The van der Waals surface area contributed by atoms with E-state index in [4.69, 9.17) is 0 Å². The highest BCUT2D eigenvalue weighted by atomic mass is 15.1. The molecule has 0 bridgehead atoms. The first-order valence-electron chi connectivity index (χ1n) is 7.27. The third kappa shape index (κ3) is 2.62. The summed E-state index contributed by atoms with van der Waals surface area (Å²) in [6.45, 7) is 6.63. The van der Waals surface area contributed by atoms with Crippen LogP contribution < -0.4 is 0 Å². The molecule has 0 aliphatic rings. The van der Waals surface area contributed by atoms with E-state index in [2.05, 4.69) is 79.5 Å². The van der Waals surface area contributed by atoms with Crippen LogP contribution in [0.5, 0.6) is 0 Å². The third-order valence-corrected chi connectivity index (χ3v) is 3.63. The summed E-state index contributed by atoms with van der Waals surface area (Å²) in [6, 6.07) is 20.8. The SMILES string of the molecule is CC(C)(C)c1[nH]nc(-c2ccccc2)c1-c1ccccc1. The van der Waals surface area contributed by atoms with E-state index in [0.29, 0.717) is 0 Å². The van der Waals surface area contributed by atoms with Gasteiger partial charge in [-0.1, -0.05) is 81.4 Å². The maximum atomic E-state index is 4.60. The lowest BCUT2D eigenvalue weighted by Crippen LogP contribution is -2.13. The van der Waals surface area contributed by atoms with Crippen LogP contribution in [0, 0.1) is 0 Å². The van der Waals surface area contributed by atoms with Crippen LogP contribution in [0.25, 0.3) is 22.4 Å². The molecule has 0 amide bonds. The van der Waals surface area contributed by atoms with E-state index in [1.165, 1.54) is 16.8 Å². The molecule has 0 aliphatic heterocycles. The standard InChI is InChI=1S/C19H20N2/c1-19(2,3)18-16(14-10-6-4-7-11-14)17(20-21-18)15-12-8-5-9-13-15/h4-13H,1-3H3,(H,20,21). The van der Waals surface area contributed by atoms with Gasteiger partial charge in [0.1, 0.15) is 5.69 Å². The summed E-state index contributed by atoms with van der Waals surface area (Å²) in [5, 5.41) is 7.87. The van der Waals surface area contributed by atoms with Gasteiger partial charge >= 0.3 is 0 Å². The molecular weight excluding hydrogens is 256 g/mol. The Balaban J connectivity index is 2.26. The lowest BCUT2D eigenvalue weighted by molar-refractivity contribution is 0.568. The molecule has 1 aromatic heterocycles. The van der Waals surface area contributed by atoms with Gasteiger partial charge in [0.05, 0.1) is 0 Å². The van der Waals surface area contributed by atoms with Crippen LogP contribution in [0.1, 0.15) is 26.5 Å². The van der Waals surface area contributed by atoms with Gasteiger partial charge in [0.15, 0.2) is 0 Å². The minimum absolute atomic E-state index is 0.0191. The fourth-order valence-electron chi connectivity index (χ4n) is 2.58. The predicted molar refractivity (Wildman–Crippen MR) is 88.2 cm³/mol. The molecule has 2 nitrogen and oxygen atoms in total. The summed E-state index contributed by atoms with van der Waals surface area (Å²) in [6.07, 6.45) is 0. The van der Waals surface area contributed by atoms with E-state index in [9.17, 15) is 0 Å². The number of aromatic amines is 1. The molecule has 0 atom stereocenters. The number of H-pyrrole nitrogens is 1. The second-order valence-corrected chi connectivity index (χ2v) is 6.30. The molecule has 3 aromatic rings. The molecule has 2 heteroatoms. The van der Waals surface area contributed by atoms with Crippen LogP contribution in [0.3, 0.4) is 0 Å². The van der Waals surface area contributed by atoms with E-state index >= 15 is 0 Å². The van der Waals surface area contributed by atoms with Gasteiger partial charge in [-0.2, -0.15) is 5.10 Å². The Morgan fingerprint density at radius 1 is 0.762 bits per heavy atom. The molecule has 106 valence electrons. The van der Waals surface area contributed by atoms with Crippen molar-refractivity contribution in [2.75, 3.05) is 0 Å². The molecule has 1 heterocycles. The van der Waals surface area contributed by atoms with Crippen molar-refractivity contribution in [3.05, 3.63) is 66.4 Å². The summed E-state index contributed by atoms with van der Waals surface area (Å²) in [7, 11) is 0. The third-order valence-electron chi connectivity index (χ3n) is 3.63. The van der Waals surface area contributed by atoms with Crippen LogP contribution in [0.4, 0.5) is 0 Å². The van der Waals surface area contributed by atoms with Gasteiger partial charge in [0.2, 0.25) is 0 Å². The van der Waals surface area contributed by atoms with E-state index in [1.54, 1.807) is 0 Å². The summed E-state index contributed by atoms with van der Waals surface area (Å²) in [4.78, 5) is 0. The second-order valence-electron chi connectivity index (χ2n) is 6.30. The van der Waals surface area contributed by atoms with Crippen molar-refractivity contribution in [2.45, 2.75) is 26.2 Å². The van der Waals surface area contributed by atoms with Crippen molar-refractivity contribution < 1.29 is 0 Å². The Morgan fingerprint density at radius 2 is 1.29 bits per heavy atom. The van der Waals surface area contributed by atoms with Gasteiger partial charge in [-0.25, -0.2) is 0 Å². The fourth-order valence-corrected chi connectivity index (χ4v) is 2.58. The summed E-state index contributed by atoms with van der Waals surface area (Å²) >= 11 is 0. The van der Waals surface area contributed by atoms with Crippen LogP contribution in [0.15, 0.2) is 60.7 Å². The van der Waals surface area contributed by atoms with Gasteiger partial charge in [-0.15, -0.1) is 0 Å². The quantitative estimate of drug-likeness (QED) is 0.697. The lowest BCUT2D eigenvalue weighted by atomic mass is 9.85. The van der Waals surface area contributed by atoms with Crippen molar-refractivity contribution in [3.63, 3.8) is 0 Å². The van der Waals surface area contributed by atoms with Gasteiger partial charge in [0, 0.05) is 22.2 Å². The van der Waals surface area contributed by atoms with Gasteiger partial charge < -0.3 is 0 Å². The highest BCUT2D eigenvalue weighted by molar-refractivity contribution is 5.83. The molecule has 21 heavy (non-hydrogen) atoms. The molecule has 0 saturated carbocycles. The predicted octanol–water partition coefficient (Wildman–Crippen LogP) is 5.04. The van der Waals surface area contributed by atoms with Crippen molar-refractivity contribution >= 4 is 0 Å². The van der Waals surface area contributed by atoms with Crippen LogP contribution in [-0.4, -0.2) is 10.2 Å². The van der Waals surface area contributed by atoms with Gasteiger partial charge in [0.25, 0.3) is 0 Å². The average Bonchev–Trinajstić information content (AvgIpc) is 2.94. The van der Waals surface area contributed by atoms with E-state index in [0.717, 1.165) is 11.3 Å². The molecule has 3 rings (SSSR count). The molecule has 0 saturated heterocycles. The molecule has 1 N–H and O–H groups in total. The van der Waals surface area contributed by atoms with E-state index < -0.39 is 0 Å². The molecule has 0 unspecified atom stereocenters. The highest BCUT2D eigenvalue weighted by Gasteiger charge is 2.25. The highest BCUT2D eigenvalue weighted by Crippen LogP contribution is 2.38. The molecule has 0 spiro atoms. The number of hydrogen-bond acceptors (Lipinski definition) is 1. The van der Waals surface area contributed by atoms with E-state index in [-0.39, 0.29) is 5.41 Å². The zero-order valence-corrected chi connectivity index (χ0v) is 12.7. The fraction of sp³-hybridized carbons (Fsp3) is 0.211. The maximum absolute atomic E-state index is 4.60. The number of benzene rings is 2. The van der Waals surface area contributed by atoms with Crippen LogP contribution in [-0.2, 0) is 5.41 Å². The molecule has 0 fully saturated rings. The van der Waals surface area contributed by atoms with E-state index in [1.807, 2.05) is 12.1 Å². The monoisotopic (exact) mass is 276 g/mol. The smallest absolute Gasteiger partial charge is 0.100 e. The lowest BCUT2D eigenvalue weighted by Gasteiger charge is -2.19. The Morgan fingerprint density at radius 3 is 1.81 bits per heavy atom. The average molecular weight is 276 g/mol. The maximum Gasteiger partial charge on any atom is 0.100 e. The first kappa shape index (κ1) is 13.6. The summed E-state index contributed by atoms with van der Waals surface area (Å²) in [5.41, 5.74) is 5.76. The first-order chi connectivity index (χ1) is 10.1. The van der Waals surface area contributed by atoms with Crippen molar-refractivity contribution in [1.29, 1.82) is 0 Å². The number of rotatable bonds is 2. The zero-order valence-electron chi connectivity index (χ0n) is 12.7. The Labute approximate surface area is 125 Å². The van der Waals surface area contributed by atoms with Gasteiger partial charge in [-0.05, 0) is 5.56 Å². The normalized spacial score (nSPS) is 11.6. The number of nitrogens with zero attached hydrogens (tertiary/aromatic N) is 1. The van der Waals surface area contributed by atoms with Crippen LogP contribution in [0.2, 0.25) is 0 Å². The number of aromatic nitrogens is 2. The minimum Gasteiger partial charge on any atom is -0.281 e. The topological polar surface area (TPSA) is 28.7 Å².